The normalized spacial score (nSPS) is 10.7. The monoisotopic (exact) mass is 362 g/mol. The summed E-state index contributed by atoms with van der Waals surface area (Å²) < 4.78 is 0. The van der Waals surface area contributed by atoms with Crippen LogP contribution in [0.25, 0.3) is 10.9 Å². The Morgan fingerprint density at radius 3 is 2.65 bits per heavy atom. The molecule has 7 heteroatoms. The summed E-state index contributed by atoms with van der Waals surface area (Å²) in [5, 5.41) is 16.2. The Hall–Kier alpha value is -3.25. The Morgan fingerprint density at radius 2 is 1.73 bits per heavy atom. The molecule has 0 saturated heterocycles. The molecule has 6 nitrogen and oxygen atoms in total. The SMILES string of the molecule is Cc1c(Cl)cccc1Nc1cnnc(Nc2cccc3cccnc23)n1. The number of fused-ring (bicyclic) bond motifs is 1. The number of anilines is 4. The maximum absolute atomic E-state index is 6.17. The molecule has 0 bridgehead atoms. The van der Waals surface area contributed by atoms with Gasteiger partial charge >= 0.3 is 0 Å². The van der Waals surface area contributed by atoms with Crippen LogP contribution in [0, 0.1) is 6.92 Å². The van der Waals surface area contributed by atoms with Gasteiger partial charge in [0.1, 0.15) is 0 Å². The van der Waals surface area contributed by atoms with Gasteiger partial charge < -0.3 is 10.6 Å². The molecule has 0 spiro atoms. The molecule has 0 atom stereocenters. The molecule has 26 heavy (non-hydrogen) atoms. The predicted molar refractivity (Wildman–Crippen MR) is 104 cm³/mol. The molecule has 0 aliphatic rings. The lowest BCUT2D eigenvalue weighted by Crippen LogP contribution is -2.03. The van der Waals surface area contributed by atoms with E-state index in [1.54, 1.807) is 12.4 Å². The van der Waals surface area contributed by atoms with Crippen LogP contribution in [-0.2, 0) is 0 Å². The van der Waals surface area contributed by atoms with Crippen molar-refractivity contribution < 1.29 is 0 Å². The summed E-state index contributed by atoms with van der Waals surface area (Å²) in [4.78, 5) is 8.89. The lowest BCUT2D eigenvalue weighted by atomic mass is 10.2. The molecule has 0 aliphatic carbocycles. The number of nitrogens with zero attached hydrogens (tertiary/aromatic N) is 4. The first-order valence-corrected chi connectivity index (χ1v) is 8.41. The Kier molecular flexibility index (Phi) is 4.33. The van der Waals surface area contributed by atoms with Crippen molar-refractivity contribution in [3.63, 3.8) is 0 Å². The molecule has 0 amide bonds. The van der Waals surface area contributed by atoms with E-state index in [1.165, 1.54) is 0 Å². The summed E-state index contributed by atoms with van der Waals surface area (Å²) in [6.45, 7) is 1.94. The number of hydrogen-bond acceptors (Lipinski definition) is 6. The number of pyridine rings is 1. The van der Waals surface area contributed by atoms with Crippen LogP contribution in [0.2, 0.25) is 5.02 Å². The van der Waals surface area contributed by atoms with Crippen molar-refractivity contribution in [3.8, 4) is 0 Å². The molecule has 0 aliphatic heterocycles. The number of benzene rings is 2. The van der Waals surface area contributed by atoms with Gasteiger partial charge in [0.2, 0.25) is 5.95 Å². The number of rotatable bonds is 4. The van der Waals surface area contributed by atoms with Gasteiger partial charge in [-0.25, -0.2) is 0 Å². The largest absolute Gasteiger partial charge is 0.339 e. The van der Waals surface area contributed by atoms with Crippen molar-refractivity contribution in [2.24, 2.45) is 0 Å². The van der Waals surface area contributed by atoms with E-state index in [2.05, 4.69) is 30.8 Å². The van der Waals surface area contributed by atoms with Crippen molar-refractivity contribution in [1.82, 2.24) is 20.2 Å². The van der Waals surface area contributed by atoms with Crippen LogP contribution in [-0.4, -0.2) is 20.2 Å². The van der Waals surface area contributed by atoms with Gasteiger partial charge in [-0.05, 0) is 36.8 Å². The summed E-state index contributed by atoms with van der Waals surface area (Å²) >= 11 is 6.17. The third-order valence-corrected chi connectivity index (χ3v) is 4.38. The number of aromatic nitrogens is 4. The average Bonchev–Trinajstić information content (AvgIpc) is 2.66. The van der Waals surface area contributed by atoms with Crippen LogP contribution in [0.4, 0.5) is 23.1 Å². The second-order valence-electron chi connectivity index (χ2n) is 5.71. The topological polar surface area (TPSA) is 75.6 Å². The molecular formula is C19H15ClN6. The van der Waals surface area contributed by atoms with Crippen LogP contribution < -0.4 is 10.6 Å². The Balaban J connectivity index is 1.62. The quantitative estimate of drug-likeness (QED) is 0.539. The lowest BCUT2D eigenvalue weighted by molar-refractivity contribution is 0.982. The average molecular weight is 363 g/mol. The predicted octanol–water partition coefficient (Wildman–Crippen LogP) is 4.87. The molecule has 2 aromatic heterocycles. The molecule has 0 saturated carbocycles. The van der Waals surface area contributed by atoms with E-state index in [9.17, 15) is 0 Å². The van der Waals surface area contributed by atoms with Gasteiger partial charge in [0.15, 0.2) is 5.82 Å². The van der Waals surface area contributed by atoms with E-state index in [-0.39, 0.29) is 0 Å². The highest BCUT2D eigenvalue weighted by atomic mass is 35.5. The summed E-state index contributed by atoms with van der Waals surface area (Å²) in [6.07, 6.45) is 3.32. The molecule has 0 unspecified atom stereocenters. The van der Waals surface area contributed by atoms with Crippen molar-refractivity contribution in [2.45, 2.75) is 6.92 Å². The number of para-hydroxylation sites is 1. The zero-order chi connectivity index (χ0) is 17.9. The molecule has 4 aromatic rings. The van der Waals surface area contributed by atoms with E-state index in [1.807, 2.05) is 55.5 Å². The van der Waals surface area contributed by atoms with E-state index in [4.69, 9.17) is 11.6 Å². The lowest BCUT2D eigenvalue weighted by Gasteiger charge is -2.11. The third-order valence-electron chi connectivity index (χ3n) is 3.97. The molecule has 128 valence electrons. The summed E-state index contributed by atoms with van der Waals surface area (Å²) in [5.74, 6) is 0.953. The fourth-order valence-electron chi connectivity index (χ4n) is 2.62. The molecule has 0 fully saturated rings. The van der Waals surface area contributed by atoms with Gasteiger partial charge in [0, 0.05) is 22.3 Å². The van der Waals surface area contributed by atoms with Gasteiger partial charge in [-0.3, -0.25) is 4.98 Å². The van der Waals surface area contributed by atoms with Gasteiger partial charge in [-0.1, -0.05) is 35.9 Å². The van der Waals surface area contributed by atoms with Gasteiger partial charge in [0.05, 0.1) is 17.4 Å². The minimum atomic E-state index is 0.382. The Labute approximate surface area is 155 Å². The maximum Gasteiger partial charge on any atom is 0.249 e. The number of hydrogen-bond donors (Lipinski definition) is 2. The van der Waals surface area contributed by atoms with Crippen LogP contribution in [0.15, 0.2) is 60.9 Å². The third kappa shape index (κ3) is 3.27. The molecular weight excluding hydrogens is 348 g/mol. The van der Waals surface area contributed by atoms with Crippen molar-refractivity contribution >= 4 is 45.6 Å². The molecule has 2 heterocycles. The molecule has 2 aromatic carbocycles. The van der Waals surface area contributed by atoms with Crippen LogP contribution >= 0.6 is 11.6 Å². The first-order chi connectivity index (χ1) is 12.7. The van der Waals surface area contributed by atoms with Crippen LogP contribution in [0.5, 0.6) is 0 Å². The molecule has 4 rings (SSSR count). The van der Waals surface area contributed by atoms with E-state index in [0.717, 1.165) is 27.8 Å². The first kappa shape index (κ1) is 16.2. The summed E-state index contributed by atoms with van der Waals surface area (Å²) in [7, 11) is 0. The fraction of sp³-hybridized carbons (Fsp3) is 0.0526. The maximum atomic E-state index is 6.17. The number of nitrogens with one attached hydrogen (secondary N) is 2. The van der Waals surface area contributed by atoms with Gasteiger partial charge in [0.25, 0.3) is 0 Å². The Bertz CT molecular complexity index is 1080. The summed E-state index contributed by atoms with van der Waals surface area (Å²) in [5.41, 5.74) is 3.49. The summed E-state index contributed by atoms with van der Waals surface area (Å²) in [6, 6.07) is 15.5. The van der Waals surface area contributed by atoms with Gasteiger partial charge in [-0.15, -0.1) is 5.10 Å². The highest BCUT2D eigenvalue weighted by molar-refractivity contribution is 6.31. The zero-order valence-corrected chi connectivity index (χ0v) is 14.7. The molecule has 0 radical (unpaired) electrons. The second kappa shape index (κ2) is 6.93. The van der Waals surface area contributed by atoms with Crippen molar-refractivity contribution in [3.05, 3.63) is 71.5 Å². The number of halogens is 1. The highest BCUT2D eigenvalue weighted by Crippen LogP contribution is 2.26. The minimum absolute atomic E-state index is 0.382. The highest BCUT2D eigenvalue weighted by Gasteiger charge is 2.07. The Morgan fingerprint density at radius 1 is 0.923 bits per heavy atom. The van der Waals surface area contributed by atoms with E-state index in [0.29, 0.717) is 16.8 Å². The smallest absolute Gasteiger partial charge is 0.249 e. The zero-order valence-electron chi connectivity index (χ0n) is 13.9. The van der Waals surface area contributed by atoms with E-state index >= 15 is 0 Å². The van der Waals surface area contributed by atoms with Gasteiger partial charge in [-0.2, -0.15) is 10.1 Å². The first-order valence-electron chi connectivity index (χ1n) is 8.03. The minimum Gasteiger partial charge on any atom is -0.339 e. The fourth-order valence-corrected chi connectivity index (χ4v) is 2.80. The standard InChI is InChI=1S/C19H15ClN6/c1-12-14(20)7-3-8-15(12)23-17-11-22-26-19(25-17)24-16-9-2-5-13-6-4-10-21-18(13)16/h2-11H,1H3,(H2,23,24,25,26). The van der Waals surface area contributed by atoms with E-state index < -0.39 is 0 Å². The molecule has 2 N–H and O–H groups in total. The van der Waals surface area contributed by atoms with Crippen LogP contribution in [0.1, 0.15) is 5.56 Å². The van der Waals surface area contributed by atoms with Crippen LogP contribution in [0.3, 0.4) is 0 Å². The van der Waals surface area contributed by atoms with Crippen molar-refractivity contribution in [2.75, 3.05) is 10.6 Å². The second-order valence-corrected chi connectivity index (χ2v) is 6.12. The van der Waals surface area contributed by atoms with Crippen molar-refractivity contribution in [1.29, 1.82) is 0 Å².